The van der Waals surface area contributed by atoms with Crippen molar-refractivity contribution in [2.75, 3.05) is 12.4 Å². The number of ether oxygens (including phenoxy) is 1. The molecule has 0 unspecified atom stereocenters. The van der Waals surface area contributed by atoms with E-state index in [0.717, 1.165) is 30.5 Å². The van der Waals surface area contributed by atoms with Gasteiger partial charge in [0.25, 0.3) is 5.91 Å². The molecule has 1 aromatic heterocycles. The lowest BCUT2D eigenvalue weighted by molar-refractivity contribution is -0.137. The van der Waals surface area contributed by atoms with E-state index in [2.05, 4.69) is 10.3 Å². The van der Waals surface area contributed by atoms with Gasteiger partial charge in [0.2, 0.25) is 0 Å². The van der Waals surface area contributed by atoms with Crippen molar-refractivity contribution in [3.63, 3.8) is 0 Å². The molecule has 150 valence electrons. The minimum Gasteiger partial charge on any atom is -0.495 e. The van der Waals surface area contributed by atoms with Gasteiger partial charge >= 0.3 is 6.18 Å². The van der Waals surface area contributed by atoms with Crippen molar-refractivity contribution in [3.8, 4) is 17.0 Å². The monoisotopic (exact) mass is 424 g/mol. The lowest BCUT2D eigenvalue weighted by Crippen LogP contribution is -2.13. The van der Waals surface area contributed by atoms with Gasteiger partial charge in [0, 0.05) is 23.0 Å². The Hall–Kier alpha value is -3.13. The highest BCUT2D eigenvalue weighted by atomic mass is 35.5. The first-order valence-electron chi connectivity index (χ1n) is 8.17. The van der Waals surface area contributed by atoms with Gasteiger partial charge in [0.1, 0.15) is 11.6 Å². The van der Waals surface area contributed by atoms with Crippen LogP contribution in [-0.2, 0) is 6.18 Å². The smallest absolute Gasteiger partial charge is 0.418 e. The Bertz CT molecular complexity index is 1070. The Balaban J connectivity index is 1.89. The number of alkyl halides is 3. The molecular weight excluding hydrogens is 412 g/mol. The van der Waals surface area contributed by atoms with Crippen molar-refractivity contribution in [1.82, 2.24) is 4.98 Å². The topological polar surface area (TPSA) is 51.2 Å². The van der Waals surface area contributed by atoms with E-state index in [9.17, 15) is 22.4 Å². The fourth-order valence-corrected chi connectivity index (χ4v) is 2.90. The van der Waals surface area contributed by atoms with Gasteiger partial charge in [-0.2, -0.15) is 13.2 Å². The number of carbonyl (C=O) groups is 1. The standard InChI is InChI=1S/C20H13ClF4N2O2/c1-29-17-7-5-12(10-15(17)21)27-19(28)11-4-6-13(16(22)9-11)18-14(20(23,24)25)3-2-8-26-18/h2-10H,1H3,(H,27,28). The van der Waals surface area contributed by atoms with Crippen LogP contribution in [0.5, 0.6) is 5.75 Å². The maximum Gasteiger partial charge on any atom is 0.418 e. The van der Waals surface area contributed by atoms with E-state index < -0.39 is 29.2 Å². The second kappa shape index (κ2) is 8.08. The Morgan fingerprint density at radius 2 is 1.90 bits per heavy atom. The molecule has 0 saturated heterocycles. The molecule has 3 aromatic rings. The zero-order valence-electron chi connectivity index (χ0n) is 14.8. The van der Waals surface area contributed by atoms with Crippen LogP contribution in [0, 0.1) is 5.82 Å². The fraction of sp³-hybridized carbons (Fsp3) is 0.100. The molecule has 0 aliphatic heterocycles. The Labute approximate surface area is 168 Å². The molecular formula is C20H13ClF4N2O2. The number of halogens is 5. The second-order valence-electron chi connectivity index (χ2n) is 5.90. The highest BCUT2D eigenvalue weighted by Gasteiger charge is 2.34. The third-order valence-electron chi connectivity index (χ3n) is 4.01. The van der Waals surface area contributed by atoms with Crippen LogP contribution in [0.15, 0.2) is 54.7 Å². The first-order chi connectivity index (χ1) is 13.7. The Kier molecular flexibility index (Phi) is 5.74. The highest BCUT2D eigenvalue weighted by Crippen LogP contribution is 2.36. The molecule has 3 rings (SSSR count). The molecule has 1 heterocycles. The van der Waals surface area contributed by atoms with Gasteiger partial charge in [-0.25, -0.2) is 4.39 Å². The Morgan fingerprint density at radius 1 is 1.14 bits per heavy atom. The number of carbonyl (C=O) groups excluding carboxylic acids is 1. The van der Waals surface area contributed by atoms with Crippen molar-refractivity contribution in [2.45, 2.75) is 6.18 Å². The van der Waals surface area contributed by atoms with Crippen molar-refractivity contribution in [2.24, 2.45) is 0 Å². The molecule has 0 bridgehead atoms. The summed E-state index contributed by atoms with van der Waals surface area (Å²) in [6, 6.07) is 9.62. The van der Waals surface area contributed by atoms with Gasteiger partial charge in [-0.15, -0.1) is 0 Å². The summed E-state index contributed by atoms with van der Waals surface area (Å²) in [6.07, 6.45) is -3.56. The molecule has 0 fully saturated rings. The number of hydrogen-bond donors (Lipinski definition) is 1. The number of nitrogens with zero attached hydrogens (tertiary/aromatic N) is 1. The minimum atomic E-state index is -4.69. The molecule has 1 amide bonds. The quantitative estimate of drug-likeness (QED) is 0.537. The number of benzene rings is 2. The summed E-state index contributed by atoms with van der Waals surface area (Å²) in [5.74, 6) is -1.25. The van der Waals surface area contributed by atoms with Crippen LogP contribution in [0.25, 0.3) is 11.3 Å². The van der Waals surface area contributed by atoms with E-state index in [1.165, 1.54) is 25.3 Å². The molecule has 1 N–H and O–H groups in total. The van der Waals surface area contributed by atoms with E-state index in [4.69, 9.17) is 16.3 Å². The number of methoxy groups -OCH3 is 1. The maximum absolute atomic E-state index is 14.5. The largest absolute Gasteiger partial charge is 0.495 e. The number of anilines is 1. The van der Waals surface area contributed by atoms with E-state index >= 15 is 0 Å². The van der Waals surface area contributed by atoms with E-state index in [0.29, 0.717) is 11.4 Å². The average molecular weight is 425 g/mol. The molecule has 0 saturated carbocycles. The van der Waals surface area contributed by atoms with Crippen LogP contribution >= 0.6 is 11.6 Å². The zero-order valence-corrected chi connectivity index (χ0v) is 15.6. The summed E-state index contributed by atoms with van der Waals surface area (Å²) in [7, 11) is 1.44. The van der Waals surface area contributed by atoms with Gasteiger partial charge in [0.15, 0.2) is 0 Å². The fourth-order valence-electron chi connectivity index (χ4n) is 2.64. The van der Waals surface area contributed by atoms with Crippen LogP contribution in [0.2, 0.25) is 5.02 Å². The Morgan fingerprint density at radius 3 is 2.52 bits per heavy atom. The van der Waals surface area contributed by atoms with Gasteiger partial charge < -0.3 is 10.1 Å². The first kappa shape index (κ1) is 20.6. The predicted molar refractivity (Wildman–Crippen MR) is 101 cm³/mol. The summed E-state index contributed by atoms with van der Waals surface area (Å²) in [5, 5.41) is 2.80. The van der Waals surface area contributed by atoms with Gasteiger partial charge in [-0.3, -0.25) is 9.78 Å². The summed E-state index contributed by atoms with van der Waals surface area (Å²) < 4.78 is 59.0. The van der Waals surface area contributed by atoms with Crippen LogP contribution in [0.1, 0.15) is 15.9 Å². The number of aromatic nitrogens is 1. The van der Waals surface area contributed by atoms with Crippen molar-refractivity contribution < 1.29 is 27.1 Å². The van der Waals surface area contributed by atoms with Gasteiger partial charge in [-0.05, 0) is 48.5 Å². The molecule has 2 aromatic carbocycles. The number of pyridine rings is 1. The summed E-state index contributed by atoms with van der Waals surface area (Å²) in [4.78, 5) is 16.0. The molecule has 0 radical (unpaired) electrons. The summed E-state index contributed by atoms with van der Waals surface area (Å²) in [5.41, 5.74) is -1.71. The van der Waals surface area contributed by atoms with Crippen LogP contribution in [0.4, 0.5) is 23.2 Å². The number of rotatable bonds is 4. The van der Waals surface area contributed by atoms with Crippen LogP contribution < -0.4 is 10.1 Å². The van der Waals surface area contributed by atoms with Gasteiger partial charge in [0.05, 0.1) is 23.4 Å². The molecule has 4 nitrogen and oxygen atoms in total. The lowest BCUT2D eigenvalue weighted by Gasteiger charge is -2.13. The van der Waals surface area contributed by atoms with Crippen molar-refractivity contribution in [1.29, 1.82) is 0 Å². The van der Waals surface area contributed by atoms with E-state index in [1.807, 2.05) is 0 Å². The van der Waals surface area contributed by atoms with Crippen molar-refractivity contribution in [3.05, 3.63) is 76.7 Å². The highest BCUT2D eigenvalue weighted by molar-refractivity contribution is 6.32. The molecule has 0 aliphatic rings. The zero-order chi connectivity index (χ0) is 21.2. The number of nitrogens with one attached hydrogen (secondary N) is 1. The number of amides is 1. The molecule has 29 heavy (non-hydrogen) atoms. The molecule has 0 aliphatic carbocycles. The SMILES string of the molecule is COc1ccc(NC(=O)c2ccc(-c3ncccc3C(F)(F)F)c(F)c2)cc1Cl. The van der Waals surface area contributed by atoms with Crippen molar-refractivity contribution >= 4 is 23.2 Å². The number of hydrogen-bond acceptors (Lipinski definition) is 3. The summed E-state index contributed by atoms with van der Waals surface area (Å²) in [6.45, 7) is 0. The third-order valence-corrected chi connectivity index (χ3v) is 4.30. The predicted octanol–water partition coefficient (Wildman–Crippen LogP) is 5.82. The molecule has 9 heteroatoms. The van der Waals surface area contributed by atoms with Gasteiger partial charge in [-0.1, -0.05) is 11.6 Å². The first-order valence-corrected chi connectivity index (χ1v) is 8.55. The summed E-state index contributed by atoms with van der Waals surface area (Å²) >= 11 is 5.99. The van der Waals surface area contributed by atoms with Crippen LogP contribution in [-0.4, -0.2) is 18.0 Å². The average Bonchev–Trinajstić information content (AvgIpc) is 2.67. The molecule has 0 atom stereocenters. The minimum absolute atomic E-state index is 0.0809. The lowest BCUT2D eigenvalue weighted by atomic mass is 10.0. The third kappa shape index (κ3) is 4.48. The van der Waals surface area contributed by atoms with E-state index in [1.54, 1.807) is 6.07 Å². The second-order valence-corrected chi connectivity index (χ2v) is 6.30. The maximum atomic E-state index is 14.5. The van der Waals surface area contributed by atoms with E-state index in [-0.39, 0.29) is 16.1 Å². The normalized spacial score (nSPS) is 11.2. The van der Waals surface area contributed by atoms with Crippen LogP contribution in [0.3, 0.4) is 0 Å². The molecule has 0 spiro atoms.